The smallest absolute Gasteiger partial charge is 0.252 e. The summed E-state index contributed by atoms with van der Waals surface area (Å²) in [4.78, 5) is 18.2. The minimum atomic E-state index is -0.120. The highest BCUT2D eigenvalue weighted by molar-refractivity contribution is 6.07. The van der Waals surface area contributed by atoms with Gasteiger partial charge in [-0.3, -0.25) is 4.79 Å². The number of benzene rings is 3. The molecule has 174 valence electrons. The summed E-state index contributed by atoms with van der Waals surface area (Å²) in [6, 6.07) is 26.2. The van der Waals surface area contributed by atoms with Crippen LogP contribution in [0.15, 0.2) is 85.1 Å². The second kappa shape index (κ2) is 9.55. The van der Waals surface area contributed by atoms with E-state index in [1.165, 1.54) is 11.1 Å². The van der Waals surface area contributed by atoms with Crippen molar-refractivity contribution in [3.05, 3.63) is 113 Å². The van der Waals surface area contributed by atoms with Crippen LogP contribution >= 0.6 is 0 Å². The van der Waals surface area contributed by atoms with Crippen LogP contribution in [0, 0.1) is 13.8 Å². The van der Waals surface area contributed by atoms with Gasteiger partial charge in [-0.15, -0.1) is 0 Å². The maximum absolute atomic E-state index is 13.3. The van der Waals surface area contributed by atoms with Gasteiger partial charge in [0.05, 0.1) is 34.4 Å². The molecular weight excluding hydrogens is 432 g/mol. The second-order valence-corrected chi connectivity index (χ2v) is 8.82. The molecule has 5 rings (SSSR count). The highest BCUT2D eigenvalue weighted by Crippen LogP contribution is 2.28. The molecule has 5 aromatic rings. The Morgan fingerprint density at radius 3 is 2.37 bits per heavy atom. The molecule has 0 saturated heterocycles. The van der Waals surface area contributed by atoms with E-state index in [2.05, 4.69) is 60.7 Å². The fourth-order valence-electron chi connectivity index (χ4n) is 4.28. The van der Waals surface area contributed by atoms with Gasteiger partial charge in [0, 0.05) is 17.5 Å². The van der Waals surface area contributed by atoms with E-state index in [0.29, 0.717) is 12.1 Å². The van der Waals surface area contributed by atoms with E-state index in [1.807, 2.05) is 60.3 Å². The predicted octanol–water partition coefficient (Wildman–Crippen LogP) is 6.20. The van der Waals surface area contributed by atoms with Crippen molar-refractivity contribution in [3.8, 4) is 16.9 Å². The molecular formula is C30H28N4O. The number of rotatable bonds is 6. The van der Waals surface area contributed by atoms with Crippen LogP contribution in [0.1, 0.15) is 39.7 Å². The average Bonchev–Trinajstić information content (AvgIpc) is 3.28. The Hall–Kier alpha value is -4.25. The SMILES string of the molecule is CCc1ccc(-n2ncc(-c3cc(C(=O)NCc4ccc(C)cc4)c4ccccc4n3)c2C)cc1. The molecule has 1 amide bonds. The molecule has 2 aromatic heterocycles. The number of fused-ring (bicyclic) bond motifs is 1. The summed E-state index contributed by atoms with van der Waals surface area (Å²) in [5.74, 6) is -0.120. The summed E-state index contributed by atoms with van der Waals surface area (Å²) in [6.45, 7) is 6.70. The normalized spacial score (nSPS) is 11.1. The fraction of sp³-hybridized carbons (Fsp3) is 0.167. The molecule has 0 bridgehead atoms. The van der Waals surface area contributed by atoms with Crippen LogP contribution in [0.25, 0.3) is 27.8 Å². The van der Waals surface area contributed by atoms with Crippen molar-refractivity contribution < 1.29 is 4.79 Å². The van der Waals surface area contributed by atoms with Crippen LogP contribution in [0.3, 0.4) is 0 Å². The van der Waals surface area contributed by atoms with Crippen LogP contribution in [0.5, 0.6) is 0 Å². The summed E-state index contributed by atoms with van der Waals surface area (Å²) in [5.41, 5.74) is 8.56. The van der Waals surface area contributed by atoms with Gasteiger partial charge in [0.1, 0.15) is 0 Å². The molecule has 5 nitrogen and oxygen atoms in total. The first-order chi connectivity index (χ1) is 17.0. The lowest BCUT2D eigenvalue weighted by molar-refractivity contribution is 0.0952. The average molecular weight is 461 g/mol. The third-order valence-corrected chi connectivity index (χ3v) is 6.41. The maximum Gasteiger partial charge on any atom is 0.252 e. The van der Waals surface area contributed by atoms with Gasteiger partial charge in [0.25, 0.3) is 5.91 Å². The summed E-state index contributed by atoms with van der Waals surface area (Å²) in [7, 11) is 0. The van der Waals surface area contributed by atoms with Crippen molar-refractivity contribution in [3.63, 3.8) is 0 Å². The van der Waals surface area contributed by atoms with Crippen molar-refractivity contribution in [1.29, 1.82) is 0 Å². The van der Waals surface area contributed by atoms with Crippen LogP contribution in [-0.4, -0.2) is 20.7 Å². The number of carbonyl (C=O) groups excluding carboxylic acids is 1. The molecule has 35 heavy (non-hydrogen) atoms. The van der Waals surface area contributed by atoms with E-state index >= 15 is 0 Å². The zero-order chi connectivity index (χ0) is 24.4. The van der Waals surface area contributed by atoms with Gasteiger partial charge in [0.2, 0.25) is 0 Å². The van der Waals surface area contributed by atoms with Crippen molar-refractivity contribution in [2.75, 3.05) is 0 Å². The molecule has 0 unspecified atom stereocenters. The number of aromatic nitrogens is 3. The second-order valence-electron chi connectivity index (χ2n) is 8.82. The number of hydrogen-bond acceptors (Lipinski definition) is 3. The number of aryl methyl sites for hydroxylation is 2. The van der Waals surface area contributed by atoms with Crippen LogP contribution in [-0.2, 0) is 13.0 Å². The first-order valence-electron chi connectivity index (χ1n) is 11.9. The summed E-state index contributed by atoms with van der Waals surface area (Å²) in [5, 5.41) is 8.54. The van der Waals surface area contributed by atoms with Crippen LogP contribution in [0.2, 0.25) is 0 Å². The Morgan fingerprint density at radius 2 is 1.63 bits per heavy atom. The van der Waals surface area contributed by atoms with E-state index in [1.54, 1.807) is 0 Å². The molecule has 0 fully saturated rings. The molecule has 1 N–H and O–H groups in total. The van der Waals surface area contributed by atoms with E-state index in [-0.39, 0.29) is 5.91 Å². The molecule has 0 aliphatic carbocycles. The Kier molecular flexibility index (Phi) is 6.15. The summed E-state index contributed by atoms with van der Waals surface area (Å²) < 4.78 is 1.92. The standard InChI is InChI=1S/C30H28N4O/c1-4-22-13-15-24(16-14-22)34-21(3)27(19-32-34)29-17-26(25-7-5-6-8-28(25)33-29)30(35)31-18-23-11-9-20(2)10-12-23/h5-17,19H,4,18H2,1-3H3,(H,31,35). The van der Waals surface area contributed by atoms with E-state index in [4.69, 9.17) is 4.98 Å². The highest BCUT2D eigenvalue weighted by atomic mass is 16.1. The van der Waals surface area contributed by atoms with Gasteiger partial charge in [-0.25, -0.2) is 9.67 Å². The van der Waals surface area contributed by atoms with Gasteiger partial charge < -0.3 is 5.32 Å². The number of amides is 1. The number of nitrogens with zero attached hydrogens (tertiary/aromatic N) is 3. The minimum Gasteiger partial charge on any atom is -0.348 e. The molecule has 0 atom stereocenters. The van der Waals surface area contributed by atoms with Crippen molar-refractivity contribution >= 4 is 16.8 Å². The lowest BCUT2D eigenvalue weighted by Gasteiger charge is -2.11. The predicted molar refractivity (Wildman–Crippen MR) is 141 cm³/mol. The first kappa shape index (κ1) is 22.5. The lowest BCUT2D eigenvalue weighted by atomic mass is 10.0. The molecule has 0 aliphatic heterocycles. The Morgan fingerprint density at radius 1 is 0.914 bits per heavy atom. The molecule has 0 aliphatic rings. The molecule has 3 aromatic carbocycles. The zero-order valence-corrected chi connectivity index (χ0v) is 20.2. The van der Waals surface area contributed by atoms with Crippen molar-refractivity contribution in [1.82, 2.24) is 20.1 Å². The van der Waals surface area contributed by atoms with Gasteiger partial charge in [0.15, 0.2) is 0 Å². The number of para-hydroxylation sites is 1. The lowest BCUT2D eigenvalue weighted by Crippen LogP contribution is -2.23. The molecule has 5 heteroatoms. The molecule has 2 heterocycles. The maximum atomic E-state index is 13.3. The van der Waals surface area contributed by atoms with Crippen molar-refractivity contribution in [2.24, 2.45) is 0 Å². The Bertz CT molecular complexity index is 1500. The van der Waals surface area contributed by atoms with E-state index < -0.39 is 0 Å². The van der Waals surface area contributed by atoms with E-state index in [0.717, 1.165) is 45.5 Å². The Balaban J connectivity index is 1.50. The number of pyridine rings is 1. The molecule has 0 radical (unpaired) electrons. The molecule has 0 spiro atoms. The van der Waals surface area contributed by atoms with E-state index in [9.17, 15) is 4.79 Å². The number of carbonyl (C=O) groups is 1. The first-order valence-corrected chi connectivity index (χ1v) is 11.9. The quantitative estimate of drug-likeness (QED) is 0.328. The topological polar surface area (TPSA) is 59.8 Å². The van der Waals surface area contributed by atoms with Gasteiger partial charge in [-0.2, -0.15) is 5.10 Å². The third-order valence-electron chi connectivity index (χ3n) is 6.41. The monoisotopic (exact) mass is 460 g/mol. The number of nitrogens with one attached hydrogen (secondary N) is 1. The zero-order valence-electron chi connectivity index (χ0n) is 20.2. The largest absolute Gasteiger partial charge is 0.348 e. The van der Waals surface area contributed by atoms with Gasteiger partial charge in [-0.1, -0.05) is 67.1 Å². The minimum absolute atomic E-state index is 0.120. The third kappa shape index (κ3) is 4.58. The summed E-state index contributed by atoms with van der Waals surface area (Å²) >= 11 is 0. The summed E-state index contributed by atoms with van der Waals surface area (Å²) in [6.07, 6.45) is 2.83. The highest BCUT2D eigenvalue weighted by Gasteiger charge is 2.17. The van der Waals surface area contributed by atoms with Gasteiger partial charge in [-0.05, 0) is 55.7 Å². The number of hydrogen-bond donors (Lipinski definition) is 1. The fourth-order valence-corrected chi connectivity index (χ4v) is 4.28. The Labute approximate surface area is 205 Å². The van der Waals surface area contributed by atoms with Crippen LogP contribution < -0.4 is 5.32 Å². The van der Waals surface area contributed by atoms with Crippen molar-refractivity contribution in [2.45, 2.75) is 33.7 Å². The van der Waals surface area contributed by atoms with Crippen LogP contribution in [0.4, 0.5) is 0 Å². The van der Waals surface area contributed by atoms with Gasteiger partial charge >= 0.3 is 0 Å². The molecule has 0 saturated carbocycles.